The van der Waals surface area contributed by atoms with Gasteiger partial charge in [0.2, 0.25) is 17.6 Å². The molecule has 0 aromatic carbocycles. The fraction of sp³-hybridized carbons (Fsp3) is 0.708. The summed E-state index contributed by atoms with van der Waals surface area (Å²) in [5, 5.41) is 5.34. The third-order valence-electron chi connectivity index (χ3n) is 6.18. The van der Waals surface area contributed by atoms with E-state index in [2.05, 4.69) is 10.6 Å². The van der Waals surface area contributed by atoms with Crippen molar-refractivity contribution in [3.05, 3.63) is 11.6 Å². The number of amides is 4. The molecule has 0 bridgehead atoms. The SMILES string of the molecule is CC(C)(C)OC(=O)N[C@H](C(=O)N1C[C@@H]2C=C2C1C(=O)NC(CC1CC1)C(=O)C(N)=O)C(C)(C)C. The standard InChI is InChI=1S/C24H36N4O6/c1-23(2,3)18(27-22(33)34-24(4,5)6)21(32)28-11-13-10-14(13)16(28)20(31)26-15(9-12-7-8-12)17(29)19(25)30/h10,12-13,15-16,18H,7-9,11H2,1-6H3,(H2,25,30)(H,26,31)(H,27,33)/t13-,15?,16?,18+/m0/s1. The summed E-state index contributed by atoms with van der Waals surface area (Å²) in [6, 6.07) is -2.85. The molecule has 3 aliphatic rings. The number of primary amides is 1. The molecule has 0 aromatic rings. The number of ketones is 1. The van der Waals surface area contributed by atoms with Crippen LogP contribution >= 0.6 is 0 Å². The molecule has 2 unspecified atom stereocenters. The second-order valence-electron chi connectivity index (χ2n) is 11.6. The summed E-state index contributed by atoms with van der Waals surface area (Å²) in [6.45, 7) is 10.9. The lowest BCUT2D eigenvalue weighted by Crippen LogP contribution is -2.59. The maximum absolute atomic E-state index is 13.6. The molecule has 10 heteroatoms. The molecule has 188 valence electrons. The van der Waals surface area contributed by atoms with E-state index in [1.165, 1.54) is 4.90 Å². The molecule has 1 saturated carbocycles. The van der Waals surface area contributed by atoms with Crippen molar-refractivity contribution in [3.63, 3.8) is 0 Å². The largest absolute Gasteiger partial charge is 0.444 e. The van der Waals surface area contributed by atoms with E-state index in [-0.39, 0.29) is 11.8 Å². The number of fused-ring (bicyclic) bond motifs is 1. The van der Waals surface area contributed by atoms with Crippen LogP contribution in [0, 0.1) is 17.3 Å². The van der Waals surface area contributed by atoms with Crippen LogP contribution in [0.3, 0.4) is 0 Å². The van der Waals surface area contributed by atoms with Crippen molar-refractivity contribution in [2.75, 3.05) is 6.54 Å². The Bertz CT molecular complexity index is 925. The topological polar surface area (TPSA) is 148 Å². The Labute approximate surface area is 200 Å². The molecular formula is C24H36N4O6. The average Bonchev–Trinajstić information content (AvgIpc) is 3.61. The summed E-state index contributed by atoms with van der Waals surface area (Å²) < 4.78 is 5.33. The van der Waals surface area contributed by atoms with Gasteiger partial charge in [0, 0.05) is 12.5 Å². The molecule has 0 aromatic heterocycles. The van der Waals surface area contributed by atoms with Crippen molar-refractivity contribution in [3.8, 4) is 0 Å². The van der Waals surface area contributed by atoms with Crippen molar-refractivity contribution in [2.24, 2.45) is 23.0 Å². The highest BCUT2D eigenvalue weighted by molar-refractivity contribution is 6.37. The quantitative estimate of drug-likeness (QED) is 0.352. The molecule has 1 saturated heterocycles. The number of carbonyl (C=O) groups excluding carboxylic acids is 5. The first kappa shape index (κ1) is 25.7. The number of nitrogens with one attached hydrogen (secondary N) is 2. The number of ether oxygens (including phenoxy) is 1. The summed E-state index contributed by atoms with van der Waals surface area (Å²) in [5.41, 5.74) is 4.59. The number of alkyl carbamates (subject to hydrolysis) is 1. The highest BCUT2D eigenvalue weighted by Crippen LogP contribution is 2.43. The number of nitrogens with two attached hydrogens (primary N) is 1. The first-order valence-electron chi connectivity index (χ1n) is 11.7. The molecule has 1 heterocycles. The Balaban J connectivity index is 1.76. The predicted octanol–water partition coefficient (Wildman–Crippen LogP) is 1.03. The van der Waals surface area contributed by atoms with Crippen molar-refractivity contribution >= 4 is 29.6 Å². The van der Waals surface area contributed by atoms with Crippen LogP contribution in [0.5, 0.6) is 0 Å². The van der Waals surface area contributed by atoms with Crippen LogP contribution in [0.15, 0.2) is 11.6 Å². The van der Waals surface area contributed by atoms with Crippen LogP contribution in [-0.2, 0) is 23.9 Å². The van der Waals surface area contributed by atoms with Gasteiger partial charge in [0.1, 0.15) is 17.7 Å². The molecule has 34 heavy (non-hydrogen) atoms. The number of Topliss-reactive ketones (excluding diaryl/α,β-unsaturated/α-hetero) is 1. The van der Waals surface area contributed by atoms with Crippen LogP contribution in [0.1, 0.15) is 60.8 Å². The second-order valence-corrected chi connectivity index (χ2v) is 11.6. The molecule has 2 aliphatic carbocycles. The summed E-state index contributed by atoms with van der Waals surface area (Å²) in [5.74, 6) is -2.60. The zero-order valence-corrected chi connectivity index (χ0v) is 20.8. The van der Waals surface area contributed by atoms with Crippen molar-refractivity contribution < 1.29 is 28.7 Å². The number of nitrogens with zero attached hydrogens (tertiary/aromatic N) is 1. The van der Waals surface area contributed by atoms with Gasteiger partial charge >= 0.3 is 6.09 Å². The molecule has 4 N–H and O–H groups in total. The van der Waals surface area contributed by atoms with E-state index in [0.717, 1.165) is 18.4 Å². The van der Waals surface area contributed by atoms with Crippen molar-refractivity contribution in [1.29, 1.82) is 0 Å². The Morgan fingerprint density at radius 3 is 2.21 bits per heavy atom. The summed E-state index contributed by atoms with van der Waals surface area (Å²) in [6.07, 6.45) is 3.41. The lowest BCUT2D eigenvalue weighted by molar-refractivity contribution is -0.143. The first-order chi connectivity index (χ1) is 15.6. The first-order valence-corrected chi connectivity index (χ1v) is 11.7. The van der Waals surface area contributed by atoms with Gasteiger partial charge in [-0.25, -0.2) is 4.79 Å². The van der Waals surface area contributed by atoms with Gasteiger partial charge in [0.15, 0.2) is 0 Å². The Morgan fingerprint density at radius 2 is 1.71 bits per heavy atom. The lowest BCUT2D eigenvalue weighted by atomic mass is 9.85. The van der Waals surface area contributed by atoms with Gasteiger partial charge in [-0.1, -0.05) is 39.7 Å². The molecule has 0 spiro atoms. The number of hydrogen-bond donors (Lipinski definition) is 3. The smallest absolute Gasteiger partial charge is 0.408 e. The number of hydrogen-bond acceptors (Lipinski definition) is 6. The van der Waals surface area contributed by atoms with E-state index in [1.54, 1.807) is 20.8 Å². The zero-order chi connectivity index (χ0) is 25.6. The van der Waals surface area contributed by atoms with Gasteiger partial charge in [0.05, 0.1) is 6.04 Å². The van der Waals surface area contributed by atoms with E-state index in [1.807, 2.05) is 26.8 Å². The highest BCUT2D eigenvalue weighted by Gasteiger charge is 2.52. The van der Waals surface area contributed by atoms with Gasteiger partial charge in [-0.15, -0.1) is 0 Å². The van der Waals surface area contributed by atoms with Crippen LogP contribution in [0.25, 0.3) is 0 Å². The van der Waals surface area contributed by atoms with Gasteiger partial charge in [-0.05, 0) is 44.1 Å². The van der Waals surface area contributed by atoms with Crippen LogP contribution in [0.2, 0.25) is 0 Å². The van der Waals surface area contributed by atoms with E-state index in [0.29, 0.717) is 13.0 Å². The lowest BCUT2D eigenvalue weighted by Gasteiger charge is -2.36. The summed E-state index contributed by atoms with van der Waals surface area (Å²) >= 11 is 0. The summed E-state index contributed by atoms with van der Waals surface area (Å²) in [4.78, 5) is 64.5. The van der Waals surface area contributed by atoms with E-state index in [9.17, 15) is 24.0 Å². The molecule has 0 radical (unpaired) electrons. The average molecular weight is 477 g/mol. The minimum absolute atomic E-state index is 0.00410. The second kappa shape index (κ2) is 9.03. The van der Waals surface area contributed by atoms with Crippen molar-refractivity contribution in [1.82, 2.24) is 15.5 Å². The van der Waals surface area contributed by atoms with Gasteiger partial charge in [0.25, 0.3) is 5.91 Å². The fourth-order valence-electron chi connectivity index (χ4n) is 4.22. The third-order valence-corrected chi connectivity index (χ3v) is 6.18. The Kier molecular flexibility index (Phi) is 6.83. The maximum atomic E-state index is 13.6. The van der Waals surface area contributed by atoms with E-state index >= 15 is 0 Å². The molecule has 4 amide bonds. The maximum Gasteiger partial charge on any atom is 0.408 e. The normalized spacial score (nSPS) is 23.2. The molecule has 4 atom stereocenters. The van der Waals surface area contributed by atoms with Crippen molar-refractivity contribution in [2.45, 2.75) is 84.5 Å². The van der Waals surface area contributed by atoms with E-state index in [4.69, 9.17) is 10.5 Å². The van der Waals surface area contributed by atoms with Gasteiger partial charge in [-0.2, -0.15) is 0 Å². The van der Waals surface area contributed by atoms with Crippen LogP contribution in [0.4, 0.5) is 4.79 Å². The van der Waals surface area contributed by atoms with Gasteiger partial charge in [-0.3, -0.25) is 19.2 Å². The third kappa shape index (κ3) is 6.15. The highest BCUT2D eigenvalue weighted by atomic mass is 16.6. The monoisotopic (exact) mass is 476 g/mol. The fourth-order valence-corrected chi connectivity index (χ4v) is 4.22. The summed E-state index contributed by atoms with van der Waals surface area (Å²) in [7, 11) is 0. The Hall–Kier alpha value is -2.91. The van der Waals surface area contributed by atoms with E-state index < -0.39 is 58.7 Å². The van der Waals surface area contributed by atoms with Crippen LogP contribution in [-0.4, -0.2) is 64.8 Å². The number of rotatable bonds is 8. The van der Waals surface area contributed by atoms with Gasteiger partial charge < -0.3 is 26.0 Å². The molecular weight excluding hydrogens is 440 g/mol. The Morgan fingerprint density at radius 1 is 1.09 bits per heavy atom. The predicted molar refractivity (Wildman–Crippen MR) is 123 cm³/mol. The molecule has 2 fully saturated rings. The molecule has 3 rings (SSSR count). The minimum Gasteiger partial charge on any atom is -0.444 e. The number of carbonyl (C=O) groups is 5. The molecule has 10 nitrogen and oxygen atoms in total. The minimum atomic E-state index is -1.09. The van der Waals surface area contributed by atoms with Crippen LogP contribution < -0.4 is 16.4 Å². The zero-order valence-electron chi connectivity index (χ0n) is 20.8. The number of likely N-dealkylation sites (tertiary alicyclic amines) is 1. The molecule has 1 aliphatic heterocycles.